The van der Waals surface area contributed by atoms with Gasteiger partial charge in [-0.2, -0.15) is 13.2 Å². The highest BCUT2D eigenvalue weighted by molar-refractivity contribution is 6.03. The van der Waals surface area contributed by atoms with Crippen LogP contribution in [0.4, 0.5) is 13.2 Å². The quantitative estimate of drug-likeness (QED) is 0.630. The normalized spacial score (nSPS) is 17.7. The van der Waals surface area contributed by atoms with E-state index in [9.17, 15) is 18.0 Å². The number of Topliss-reactive ketones (excluding diaryl/α,β-unsaturated/α-hetero) is 1. The van der Waals surface area contributed by atoms with Crippen molar-refractivity contribution in [1.82, 2.24) is 4.57 Å². The molecule has 0 aliphatic carbocycles. The second kappa shape index (κ2) is 4.72. The molecular formula is C18H12F3NO. The first-order valence-electron chi connectivity index (χ1n) is 7.25. The lowest BCUT2D eigenvalue weighted by Gasteiger charge is -2.15. The van der Waals surface area contributed by atoms with Crippen LogP contribution < -0.4 is 0 Å². The van der Waals surface area contributed by atoms with E-state index >= 15 is 0 Å². The minimum Gasteiger partial charge on any atom is -0.330 e. The maximum absolute atomic E-state index is 13.0. The summed E-state index contributed by atoms with van der Waals surface area (Å²) in [5.74, 6) is -0.0383. The predicted molar refractivity (Wildman–Crippen MR) is 80.5 cm³/mol. The maximum Gasteiger partial charge on any atom is 0.416 e. The monoisotopic (exact) mass is 315 g/mol. The number of fused-ring (bicyclic) bond motifs is 3. The molecule has 4 rings (SSSR count). The highest BCUT2D eigenvalue weighted by atomic mass is 19.4. The van der Waals surface area contributed by atoms with Crippen molar-refractivity contribution in [2.45, 2.75) is 18.6 Å². The second-order valence-corrected chi connectivity index (χ2v) is 5.72. The number of hydrogen-bond donors (Lipinski definition) is 0. The molecule has 116 valence electrons. The third kappa shape index (κ3) is 2.15. The van der Waals surface area contributed by atoms with E-state index in [0.717, 1.165) is 17.7 Å². The number of hydrogen-bond acceptors (Lipinski definition) is 1. The highest BCUT2D eigenvalue weighted by Crippen LogP contribution is 2.39. The van der Waals surface area contributed by atoms with E-state index < -0.39 is 11.7 Å². The molecule has 0 unspecified atom stereocenters. The van der Waals surface area contributed by atoms with Gasteiger partial charge in [0.15, 0.2) is 5.78 Å². The summed E-state index contributed by atoms with van der Waals surface area (Å²) in [6.45, 7) is 0. The van der Waals surface area contributed by atoms with Crippen molar-refractivity contribution in [2.75, 3.05) is 0 Å². The number of carbonyl (C=O) groups excluding carboxylic acids is 1. The first kappa shape index (κ1) is 14.1. The maximum atomic E-state index is 13.0. The van der Waals surface area contributed by atoms with Gasteiger partial charge in [0, 0.05) is 17.3 Å². The van der Waals surface area contributed by atoms with Crippen molar-refractivity contribution in [3.63, 3.8) is 0 Å². The lowest BCUT2D eigenvalue weighted by atomic mass is 10.0. The topological polar surface area (TPSA) is 22.0 Å². The molecule has 0 saturated heterocycles. The Morgan fingerprint density at radius 3 is 2.43 bits per heavy atom. The number of rotatable bonds is 1. The minimum atomic E-state index is -4.40. The molecule has 3 aromatic rings. The van der Waals surface area contributed by atoms with Crippen molar-refractivity contribution in [1.29, 1.82) is 0 Å². The van der Waals surface area contributed by atoms with Crippen molar-refractivity contribution in [3.05, 3.63) is 71.4 Å². The summed E-state index contributed by atoms with van der Waals surface area (Å²) >= 11 is 0. The molecule has 5 heteroatoms. The Balaban J connectivity index is 1.95. The molecule has 1 aliphatic heterocycles. The third-order valence-corrected chi connectivity index (χ3v) is 4.33. The van der Waals surface area contributed by atoms with Crippen LogP contribution in [-0.4, -0.2) is 10.4 Å². The van der Waals surface area contributed by atoms with E-state index in [-0.39, 0.29) is 18.2 Å². The zero-order valence-electron chi connectivity index (χ0n) is 12.0. The van der Waals surface area contributed by atoms with E-state index in [2.05, 4.69) is 0 Å². The van der Waals surface area contributed by atoms with Gasteiger partial charge in [-0.1, -0.05) is 36.4 Å². The predicted octanol–water partition coefficient (Wildman–Crippen LogP) is 4.84. The molecule has 2 nitrogen and oxygen atoms in total. The SMILES string of the molecule is O=C1C[C@@H](c2ccccc2)n2c1cc1ccc(C(F)(F)F)cc12. The van der Waals surface area contributed by atoms with Crippen LogP contribution in [0.15, 0.2) is 54.6 Å². The second-order valence-electron chi connectivity index (χ2n) is 5.72. The molecule has 1 aliphatic rings. The molecule has 23 heavy (non-hydrogen) atoms. The number of ketones is 1. The number of halogens is 3. The Bertz CT molecular complexity index is 909. The zero-order valence-corrected chi connectivity index (χ0v) is 12.0. The van der Waals surface area contributed by atoms with E-state index in [1.807, 2.05) is 30.3 Å². The number of nitrogens with zero attached hydrogens (tertiary/aromatic N) is 1. The Labute approximate surface area is 130 Å². The Hall–Kier alpha value is -2.56. The molecule has 1 aromatic heterocycles. The fourth-order valence-corrected chi connectivity index (χ4v) is 3.26. The van der Waals surface area contributed by atoms with Crippen molar-refractivity contribution < 1.29 is 18.0 Å². The van der Waals surface area contributed by atoms with Crippen LogP contribution in [-0.2, 0) is 6.18 Å². The van der Waals surface area contributed by atoms with Crippen LogP contribution in [0.5, 0.6) is 0 Å². The van der Waals surface area contributed by atoms with Crippen LogP contribution in [0.1, 0.15) is 34.1 Å². The Kier molecular flexibility index (Phi) is 2.88. The largest absolute Gasteiger partial charge is 0.416 e. The molecule has 2 aromatic carbocycles. The van der Waals surface area contributed by atoms with Gasteiger partial charge in [0.1, 0.15) is 0 Å². The Morgan fingerprint density at radius 2 is 1.74 bits per heavy atom. The number of aromatic nitrogens is 1. The standard InChI is InChI=1S/C18H12F3NO/c19-18(20,21)13-7-6-12-8-16-17(23)10-15(22(16)14(12)9-13)11-4-2-1-3-5-11/h1-9,15H,10H2/t15-/m0/s1. The Morgan fingerprint density at radius 1 is 1.00 bits per heavy atom. The molecule has 2 heterocycles. The fraction of sp³-hybridized carbons (Fsp3) is 0.167. The average molecular weight is 315 g/mol. The first-order valence-corrected chi connectivity index (χ1v) is 7.25. The van der Waals surface area contributed by atoms with Gasteiger partial charge in [-0.15, -0.1) is 0 Å². The molecule has 1 atom stereocenters. The third-order valence-electron chi connectivity index (χ3n) is 4.33. The molecule has 0 N–H and O–H groups in total. The van der Waals surface area contributed by atoms with Gasteiger partial charge in [-0.25, -0.2) is 0 Å². The van der Waals surface area contributed by atoms with Gasteiger partial charge in [0.2, 0.25) is 0 Å². The molecule has 0 amide bonds. The fourth-order valence-electron chi connectivity index (χ4n) is 3.26. The minimum absolute atomic E-state index is 0.0383. The summed E-state index contributed by atoms with van der Waals surface area (Å²) < 4.78 is 40.7. The summed E-state index contributed by atoms with van der Waals surface area (Å²) in [4.78, 5) is 12.3. The van der Waals surface area contributed by atoms with E-state index in [1.165, 1.54) is 6.07 Å². The van der Waals surface area contributed by atoms with Crippen LogP contribution in [0, 0.1) is 0 Å². The van der Waals surface area contributed by atoms with Gasteiger partial charge >= 0.3 is 6.18 Å². The summed E-state index contributed by atoms with van der Waals surface area (Å²) in [6, 6.07) is 14.4. The summed E-state index contributed by atoms with van der Waals surface area (Å²) in [5, 5.41) is 0.655. The number of carbonyl (C=O) groups is 1. The highest BCUT2D eigenvalue weighted by Gasteiger charge is 2.34. The smallest absolute Gasteiger partial charge is 0.330 e. The number of benzene rings is 2. The molecular weight excluding hydrogens is 303 g/mol. The van der Waals surface area contributed by atoms with Crippen LogP contribution in [0.2, 0.25) is 0 Å². The van der Waals surface area contributed by atoms with Gasteiger partial charge < -0.3 is 4.57 Å². The average Bonchev–Trinajstić information content (AvgIpc) is 3.05. The number of alkyl halides is 3. The van der Waals surface area contributed by atoms with Gasteiger partial charge in [-0.05, 0) is 23.8 Å². The zero-order chi connectivity index (χ0) is 16.2. The molecule has 0 saturated carbocycles. The van der Waals surface area contributed by atoms with Crippen molar-refractivity contribution in [3.8, 4) is 0 Å². The molecule has 0 radical (unpaired) electrons. The van der Waals surface area contributed by atoms with E-state index in [4.69, 9.17) is 0 Å². The van der Waals surface area contributed by atoms with Gasteiger partial charge in [-0.3, -0.25) is 4.79 Å². The lowest BCUT2D eigenvalue weighted by molar-refractivity contribution is -0.137. The first-order chi connectivity index (χ1) is 10.9. The molecule has 0 fully saturated rings. The summed E-state index contributed by atoms with van der Waals surface area (Å²) in [7, 11) is 0. The van der Waals surface area contributed by atoms with Crippen molar-refractivity contribution in [2.24, 2.45) is 0 Å². The lowest BCUT2D eigenvalue weighted by Crippen LogP contribution is -2.07. The van der Waals surface area contributed by atoms with E-state index in [0.29, 0.717) is 16.6 Å². The van der Waals surface area contributed by atoms with Gasteiger partial charge in [0.05, 0.1) is 17.3 Å². The van der Waals surface area contributed by atoms with Crippen LogP contribution >= 0.6 is 0 Å². The van der Waals surface area contributed by atoms with Gasteiger partial charge in [0.25, 0.3) is 0 Å². The van der Waals surface area contributed by atoms with Crippen molar-refractivity contribution >= 4 is 16.7 Å². The van der Waals surface area contributed by atoms with E-state index in [1.54, 1.807) is 10.6 Å². The van der Waals surface area contributed by atoms with Crippen LogP contribution in [0.3, 0.4) is 0 Å². The summed E-state index contributed by atoms with van der Waals surface area (Å²) in [6.07, 6.45) is -4.12. The molecule has 0 bridgehead atoms. The molecule has 0 spiro atoms. The summed E-state index contributed by atoms with van der Waals surface area (Å²) in [5.41, 5.74) is 1.16. The van der Waals surface area contributed by atoms with Crippen LogP contribution in [0.25, 0.3) is 10.9 Å².